The predicted octanol–water partition coefficient (Wildman–Crippen LogP) is 3.60. The molecule has 0 aromatic heterocycles. The molecule has 2 aromatic carbocycles. The lowest BCUT2D eigenvalue weighted by Crippen LogP contribution is -2.25. The van der Waals surface area contributed by atoms with E-state index in [4.69, 9.17) is 10.5 Å². The third-order valence-corrected chi connectivity index (χ3v) is 6.28. The maximum atomic E-state index is 12.6. The number of hydrogen-bond acceptors (Lipinski definition) is 4. The number of amides is 3. The number of ether oxygens (including phenoxy) is 1. The molecule has 0 radical (unpaired) electrons. The molecule has 6 nitrogen and oxygen atoms in total. The number of methoxy groups -OCH3 is 1. The van der Waals surface area contributed by atoms with Crippen LogP contribution in [-0.2, 0) is 25.7 Å². The van der Waals surface area contributed by atoms with Crippen LogP contribution in [-0.4, -0.2) is 19.0 Å². The number of primary amides is 1. The van der Waals surface area contributed by atoms with Crippen molar-refractivity contribution in [3.63, 3.8) is 0 Å². The Bertz CT molecular complexity index is 926. The van der Waals surface area contributed by atoms with Crippen molar-refractivity contribution in [2.75, 3.05) is 12.4 Å². The highest BCUT2D eigenvalue weighted by Gasteiger charge is 2.25. The minimum absolute atomic E-state index is 0.300. The molecule has 3 amide bonds. The number of urea groups is 1. The van der Waals surface area contributed by atoms with Crippen molar-refractivity contribution < 1.29 is 14.3 Å². The summed E-state index contributed by atoms with van der Waals surface area (Å²) in [5.74, 6) is -0.0275. The highest BCUT2D eigenvalue weighted by Crippen LogP contribution is 2.38. The zero-order valence-corrected chi connectivity index (χ0v) is 16.6. The van der Waals surface area contributed by atoms with Gasteiger partial charge in [0.25, 0.3) is 0 Å². The van der Waals surface area contributed by atoms with Crippen molar-refractivity contribution in [1.82, 2.24) is 4.72 Å². The highest BCUT2D eigenvalue weighted by molar-refractivity contribution is 7.98. The van der Waals surface area contributed by atoms with Gasteiger partial charge in [-0.25, -0.2) is 4.79 Å². The summed E-state index contributed by atoms with van der Waals surface area (Å²) < 4.78 is 7.91. The Morgan fingerprint density at radius 1 is 1.04 bits per heavy atom. The second-order valence-electron chi connectivity index (χ2n) is 7.12. The number of fused-ring (bicyclic) bond motifs is 2. The minimum Gasteiger partial charge on any atom is -0.497 e. The van der Waals surface area contributed by atoms with Crippen molar-refractivity contribution in [3.05, 3.63) is 52.1 Å². The van der Waals surface area contributed by atoms with Crippen LogP contribution in [0.5, 0.6) is 5.75 Å². The van der Waals surface area contributed by atoms with Gasteiger partial charge in [-0.3, -0.25) is 9.52 Å². The SMILES string of the molecule is COc1ccc(SNC(=O)Nc2c3c(cc4c2CCC4)CCC3)c(C(N)=O)c1. The fraction of sp³-hybridized carbons (Fsp3) is 0.333. The van der Waals surface area contributed by atoms with Crippen LogP contribution < -0.4 is 20.5 Å². The van der Waals surface area contributed by atoms with E-state index in [1.54, 1.807) is 18.2 Å². The Morgan fingerprint density at radius 3 is 2.32 bits per heavy atom. The van der Waals surface area contributed by atoms with Gasteiger partial charge >= 0.3 is 6.03 Å². The number of carbonyl (C=O) groups is 2. The summed E-state index contributed by atoms with van der Waals surface area (Å²) in [6.45, 7) is 0. The monoisotopic (exact) mass is 397 g/mol. The van der Waals surface area contributed by atoms with E-state index in [9.17, 15) is 9.59 Å². The summed E-state index contributed by atoms with van der Waals surface area (Å²) in [5.41, 5.74) is 12.1. The van der Waals surface area contributed by atoms with Gasteiger partial charge in [0.15, 0.2) is 0 Å². The molecule has 0 fully saturated rings. The summed E-state index contributed by atoms with van der Waals surface area (Å²) in [7, 11) is 1.52. The molecule has 7 heteroatoms. The Kier molecular flexibility index (Phi) is 5.17. The average Bonchev–Trinajstić information content (AvgIpc) is 3.35. The number of carbonyl (C=O) groups excluding carboxylic acids is 2. The van der Waals surface area contributed by atoms with Gasteiger partial charge in [-0.1, -0.05) is 6.07 Å². The molecule has 0 heterocycles. The van der Waals surface area contributed by atoms with E-state index in [0.29, 0.717) is 16.2 Å². The van der Waals surface area contributed by atoms with E-state index in [2.05, 4.69) is 16.1 Å². The van der Waals surface area contributed by atoms with Crippen LogP contribution in [0.2, 0.25) is 0 Å². The standard InChI is InChI=1S/C21H23N3O3S/c1-27-14-8-9-18(17(11-14)20(22)25)28-24-21(26)23-19-15-6-2-4-12(15)10-13-5-3-7-16(13)19/h8-11H,2-7H2,1H3,(H2,22,25)(H2,23,24,26). The molecule has 2 aromatic rings. The lowest BCUT2D eigenvalue weighted by atomic mass is 9.99. The molecule has 0 atom stereocenters. The van der Waals surface area contributed by atoms with Crippen LogP contribution in [0, 0.1) is 0 Å². The minimum atomic E-state index is -0.567. The first-order chi connectivity index (χ1) is 13.6. The maximum Gasteiger partial charge on any atom is 0.329 e. The van der Waals surface area contributed by atoms with E-state index in [1.165, 1.54) is 29.4 Å². The second-order valence-corrected chi connectivity index (χ2v) is 7.97. The van der Waals surface area contributed by atoms with Crippen LogP contribution in [0.1, 0.15) is 45.5 Å². The van der Waals surface area contributed by atoms with Crippen LogP contribution >= 0.6 is 11.9 Å². The number of benzene rings is 2. The third-order valence-electron chi connectivity index (χ3n) is 5.42. The van der Waals surface area contributed by atoms with Crippen molar-refractivity contribution in [1.29, 1.82) is 0 Å². The molecule has 0 saturated heterocycles. The number of anilines is 1. The largest absolute Gasteiger partial charge is 0.497 e. The average molecular weight is 398 g/mol. The third kappa shape index (κ3) is 3.54. The summed E-state index contributed by atoms with van der Waals surface area (Å²) in [6.07, 6.45) is 6.46. The normalized spacial score (nSPS) is 14.3. The first-order valence-corrected chi connectivity index (χ1v) is 10.3. The molecule has 28 heavy (non-hydrogen) atoms. The van der Waals surface area contributed by atoms with Crippen LogP contribution in [0.4, 0.5) is 10.5 Å². The van der Waals surface area contributed by atoms with Crippen LogP contribution in [0.15, 0.2) is 29.2 Å². The van der Waals surface area contributed by atoms with Gasteiger partial charge in [0.2, 0.25) is 5.91 Å². The van der Waals surface area contributed by atoms with E-state index < -0.39 is 5.91 Å². The Hall–Kier alpha value is -2.67. The van der Waals surface area contributed by atoms with E-state index >= 15 is 0 Å². The Morgan fingerprint density at radius 2 is 1.71 bits per heavy atom. The molecular weight excluding hydrogens is 374 g/mol. The quantitative estimate of drug-likeness (QED) is 0.672. The fourth-order valence-electron chi connectivity index (χ4n) is 4.13. The van der Waals surface area contributed by atoms with E-state index in [0.717, 1.165) is 56.2 Å². The summed E-state index contributed by atoms with van der Waals surface area (Å²) in [5, 5.41) is 3.07. The summed E-state index contributed by atoms with van der Waals surface area (Å²) in [4.78, 5) is 24.9. The zero-order chi connectivity index (χ0) is 19.7. The first-order valence-electron chi connectivity index (χ1n) is 9.45. The van der Waals surface area contributed by atoms with Gasteiger partial charge in [0.05, 0.1) is 12.7 Å². The van der Waals surface area contributed by atoms with Crippen molar-refractivity contribution >= 4 is 29.6 Å². The topological polar surface area (TPSA) is 93.4 Å². The molecule has 0 unspecified atom stereocenters. The molecule has 146 valence electrons. The van der Waals surface area contributed by atoms with Crippen molar-refractivity contribution in [2.45, 2.75) is 43.4 Å². The van der Waals surface area contributed by atoms with Gasteiger partial charge < -0.3 is 15.8 Å². The number of hydrogen-bond donors (Lipinski definition) is 3. The number of nitrogens with one attached hydrogen (secondary N) is 2. The summed E-state index contributed by atoms with van der Waals surface area (Å²) >= 11 is 1.07. The summed E-state index contributed by atoms with van der Waals surface area (Å²) in [6, 6.07) is 7.04. The number of rotatable bonds is 5. The van der Waals surface area contributed by atoms with Gasteiger partial charge in [0, 0.05) is 10.6 Å². The van der Waals surface area contributed by atoms with Crippen molar-refractivity contribution in [3.8, 4) is 5.75 Å². The molecule has 2 aliphatic rings. The van der Waals surface area contributed by atoms with Gasteiger partial charge in [-0.15, -0.1) is 0 Å². The predicted molar refractivity (Wildman–Crippen MR) is 110 cm³/mol. The number of aryl methyl sites for hydroxylation is 2. The Balaban J connectivity index is 1.50. The molecule has 0 spiro atoms. The van der Waals surface area contributed by atoms with Crippen LogP contribution in [0.25, 0.3) is 0 Å². The highest BCUT2D eigenvalue weighted by atomic mass is 32.2. The van der Waals surface area contributed by atoms with E-state index in [-0.39, 0.29) is 6.03 Å². The lowest BCUT2D eigenvalue weighted by molar-refractivity contribution is 0.0997. The van der Waals surface area contributed by atoms with Gasteiger partial charge in [-0.05, 0) is 90.9 Å². The van der Waals surface area contributed by atoms with Gasteiger partial charge in [-0.2, -0.15) is 0 Å². The number of nitrogens with two attached hydrogens (primary N) is 1. The first kappa shape index (κ1) is 18.7. The molecule has 4 rings (SSSR count). The fourth-order valence-corrected chi connectivity index (χ4v) is 4.78. The molecule has 0 saturated carbocycles. The van der Waals surface area contributed by atoms with Gasteiger partial charge in [0.1, 0.15) is 5.75 Å². The molecular formula is C21H23N3O3S. The van der Waals surface area contributed by atoms with Crippen molar-refractivity contribution in [2.24, 2.45) is 5.73 Å². The smallest absolute Gasteiger partial charge is 0.329 e. The Labute approximate surface area is 168 Å². The molecule has 4 N–H and O–H groups in total. The lowest BCUT2D eigenvalue weighted by Gasteiger charge is -2.16. The zero-order valence-electron chi connectivity index (χ0n) is 15.8. The molecule has 0 aliphatic heterocycles. The van der Waals surface area contributed by atoms with Crippen LogP contribution in [0.3, 0.4) is 0 Å². The van der Waals surface area contributed by atoms with E-state index in [1.807, 2.05) is 0 Å². The maximum absolute atomic E-state index is 12.6. The molecule has 0 bridgehead atoms. The second kappa shape index (κ2) is 7.75. The molecule has 2 aliphatic carbocycles.